The monoisotopic (exact) mass is 499 g/mol. The number of fused-ring (bicyclic) bond motifs is 1. The lowest BCUT2D eigenvalue weighted by molar-refractivity contribution is 0.0903. The molecule has 2 aliphatic rings. The Hall–Kier alpha value is -3.01. The number of carbonyl (C=O) groups is 1. The summed E-state index contributed by atoms with van der Waals surface area (Å²) in [5, 5.41) is 10.5. The molecule has 0 unspecified atom stereocenters. The van der Waals surface area contributed by atoms with Crippen molar-refractivity contribution in [2.75, 3.05) is 31.6 Å². The summed E-state index contributed by atoms with van der Waals surface area (Å²) in [4.78, 5) is 21.8. The van der Waals surface area contributed by atoms with Crippen molar-refractivity contribution in [3.05, 3.63) is 59.0 Å². The molecular weight excluding hydrogens is 473 g/mol. The standard InChI is InChI=1S/C25H27ClFN5O3/c26-20-11-15(2-4-21(20)27)23(17-5-8-28-13-17)32-25(33)35-19-3-1-16-14-29-24(31-22(16)12-19)30-18-6-9-34-10-7-18/h1-4,11-12,14,17-18,23,28H,5-10,13H2,(H,32,33)(H,29,30,31)/t17-,23+/m0/s1. The fraction of sp³-hybridized carbons (Fsp3) is 0.400. The van der Waals surface area contributed by atoms with Gasteiger partial charge in [-0.2, -0.15) is 0 Å². The van der Waals surface area contributed by atoms with E-state index >= 15 is 0 Å². The molecule has 0 spiro atoms. The third-order valence-corrected chi connectivity index (χ3v) is 6.75. The van der Waals surface area contributed by atoms with E-state index in [0.29, 0.717) is 17.2 Å². The van der Waals surface area contributed by atoms with Crippen molar-refractivity contribution in [3.63, 3.8) is 0 Å². The molecule has 2 aromatic carbocycles. The topological polar surface area (TPSA) is 97.4 Å². The minimum absolute atomic E-state index is 0.0213. The van der Waals surface area contributed by atoms with Gasteiger partial charge in [0, 0.05) is 43.4 Å². The van der Waals surface area contributed by atoms with Gasteiger partial charge in [0.15, 0.2) is 0 Å². The lowest BCUT2D eigenvalue weighted by atomic mass is 9.92. The molecule has 184 valence electrons. The number of aromatic nitrogens is 2. The quantitative estimate of drug-likeness (QED) is 0.461. The van der Waals surface area contributed by atoms with E-state index in [2.05, 4.69) is 25.9 Å². The van der Waals surface area contributed by atoms with Gasteiger partial charge in [-0.3, -0.25) is 0 Å². The number of benzene rings is 2. The minimum atomic E-state index is -0.601. The van der Waals surface area contributed by atoms with Gasteiger partial charge in [0.1, 0.15) is 11.6 Å². The zero-order valence-corrected chi connectivity index (χ0v) is 19.9. The van der Waals surface area contributed by atoms with E-state index in [4.69, 9.17) is 21.1 Å². The van der Waals surface area contributed by atoms with Gasteiger partial charge in [0.2, 0.25) is 5.95 Å². The van der Waals surface area contributed by atoms with Crippen molar-refractivity contribution < 1.29 is 18.7 Å². The van der Waals surface area contributed by atoms with Crippen LogP contribution in [0.15, 0.2) is 42.6 Å². The van der Waals surface area contributed by atoms with E-state index < -0.39 is 11.9 Å². The van der Waals surface area contributed by atoms with Crippen molar-refractivity contribution >= 4 is 34.5 Å². The second-order valence-corrected chi connectivity index (χ2v) is 9.29. The van der Waals surface area contributed by atoms with Crippen molar-refractivity contribution in [1.29, 1.82) is 0 Å². The molecule has 3 aromatic rings. The van der Waals surface area contributed by atoms with Crippen LogP contribution < -0.4 is 20.7 Å². The summed E-state index contributed by atoms with van der Waals surface area (Å²) in [6, 6.07) is 9.65. The molecule has 2 fully saturated rings. The lowest BCUT2D eigenvalue weighted by Gasteiger charge is -2.24. The summed E-state index contributed by atoms with van der Waals surface area (Å²) in [7, 11) is 0. The number of hydrogen-bond donors (Lipinski definition) is 3. The zero-order chi connectivity index (χ0) is 24.2. The lowest BCUT2D eigenvalue weighted by Crippen LogP contribution is -2.36. The Morgan fingerprint density at radius 1 is 1.20 bits per heavy atom. The number of amides is 1. The van der Waals surface area contributed by atoms with E-state index in [-0.39, 0.29) is 23.0 Å². The second-order valence-electron chi connectivity index (χ2n) is 8.88. The van der Waals surface area contributed by atoms with E-state index in [1.54, 1.807) is 30.5 Å². The molecule has 0 radical (unpaired) electrons. The van der Waals surface area contributed by atoms with E-state index in [0.717, 1.165) is 56.5 Å². The molecule has 1 aromatic heterocycles. The van der Waals surface area contributed by atoms with Crippen molar-refractivity contribution in [2.24, 2.45) is 5.92 Å². The maximum Gasteiger partial charge on any atom is 0.413 e. The average molecular weight is 500 g/mol. The summed E-state index contributed by atoms with van der Waals surface area (Å²) in [5.74, 6) is 0.538. The molecule has 0 saturated carbocycles. The summed E-state index contributed by atoms with van der Waals surface area (Å²) in [6.45, 7) is 3.03. The molecule has 10 heteroatoms. The van der Waals surface area contributed by atoms with Crippen LogP contribution in [0.2, 0.25) is 5.02 Å². The molecule has 2 saturated heterocycles. The van der Waals surface area contributed by atoms with Crippen LogP contribution in [-0.4, -0.2) is 48.4 Å². The molecule has 0 bridgehead atoms. The molecule has 35 heavy (non-hydrogen) atoms. The first-order valence-corrected chi connectivity index (χ1v) is 12.2. The molecule has 2 aliphatic heterocycles. The molecule has 1 amide bonds. The highest BCUT2D eigenvalue weighted by atomic mass is 35.5. The van der Waals surface area contributed by atoms with Crippen LogP contribution in [0.5, 0.6) is 5.75 Å². The second kappa shape index (κ2) is 10.7. The third-order valence-electron chi connectivity index (χ3n) is 6.47. The summed E-state index contributed by atoms with van der Waals surface area (Å²) in [5.41, 5.74) is 1.40. The number of halogens is 2. The molecule has 0 aliphatic carbocycles. The maximum atomic E-state index is 13.7. The summed E-state index contributed by atoms with van der Waals surface area (Å²) >= 11 is 6.00. The predicted octanol–water partition coefficient (Wildman–Crippen LogP) is 4.45. The number of rotatable bonds is 6. The Labute approximate surface area is 207 Å². The van der Waals surface area contributed by atoms with E-state index in [9.17, 15) is 9.18 Å². The van der Waals surface area contributed by atoms with Crippen LogP contribution in [0, 0.1) is 11.7 Å². The van der Waals surface area contributed by atoms with Gasteiger partial charge in [0.25, 0.3) is 0 Å². The van der Waals surface area contributed by atoms with Crippen LogP contribution in [0.3, 0.4) is 0 Å². The fourth-order valence-corrected chi connectivity index (χ4v) is 4.75. The number of anilines is 1. The first-order valence-electron chi connectivity index (χ1n) is 11.8. The maximum absolute atomic E-state index is 13.7. The highest BCUT2D eigenvalue weighted by molar-refractivity contribution is 6.30. The van der Waals surface area contributed by atoms with Gasteiger partial charge in [-0.1, -0.05) is 17.7 Å². The Bertz CT molecular complexity index is 1200. The number of carbonyl (C=O) groups excluding carboxylic acids is 1. The highest BCUT2D eigenvalue weighted by Crippen LogP contribution is 2.30. The van der Waals surface area contributed by atoms with Gasteiger partial charge < -0.3 is 25.4 Å². The van der Waals surface area contributed by atoms with Crippen LogP contribution in [0.4, 0.5) is 15.1 Å². The number of hydrogen-bond acceptors (Lipinski definition) is 7. The SMILES string of the molecule is O=C(N[C@H](c1ccc(F)c(Cl)c1)[C@H]1CCNC1)Oc1ccc2cnc(NC3CCOCC3)nc2c1. The summed E-state index contributed by atoms with van der Waals surface area (Å²) < 4.78 is 24.7. The van der Waals surface area contributed by atoms with Crippen LogP contribution in [-0.2, 0) is 4.74 Å². The Kier molecular flexibility index (Phi) is 7.26. The average Bonchev–Trinajstić information content (AvgIpc) is 3.39. The number of nitrogens with zero attached hydrogens (tertiary/aromatic N) is 2. The van der Waals surface area contributed by atoms with Gasteiger partial charge in [0.05, 0.1) is 16.6 Å². The van der Waals surface area contributed by atoms with E-state index in [1.807, 2.05) is 6.07 Å². The molecule has 3 N–H and O–H groups in total. The third kappa shape index (κ3) is 5.80. The first-order chi connectivity index (χ1) is 17.0. The normalized spacial score (nSPS) is 19.4. The van der Waals surface area contributed by atoms with Gasteiger partial charge in [-0.15, -0.1) is 0 Å². The first kappa shape index (κ1) is 23.7. The van der Waals surface area contributed by atoms with Crippen molar-refractivity contribution in [1.82, 2.24) is 20.6 Å². The molecule has 8 nitrogen and oxygen atoms in total. The minimum Gasteiger partial charge on any atom is -0.410 e. The van der Waals surface area contributed by atoms with Crippen molar-refractivity contribution in [3.8, 4) is 5.75 Å². The Morgan fingerprint density at radius 3 is 2.83 bits per heavy atom. The molecule has 2 atom stereocenters. The molecule has 3 heterocycles. The largest absolute Gasteiger partial charge is 0.413 e. The predicted molar refractivity (Wildman–Crippen MR) is 131 cm³/mol. The fourth-order valence-electron chi connectivity index (χ4n) is 4.56. The Balaban J connectivity index is 1.30. The van der Waals surface area contributed by atoms with E-state index in [1.165, 1.54) is 6.07 Å². The zero-order valence-electron chi connectivity index (χ0n) is 19.1. The molecule has 5 rings (SSSR count). The van der Waals surface area contributed by atoms with Crippen LogP contribution in [0.1, 0.15) is 30.9 Å². The van der Waals surface area contributed by atoms with Crippen LogP contribution >= 0.6 is 11.6 Å². The number of nitrogens with one attached hydrogen (secondary N) is 3. The van der Waals surface area contributed by atoms with Crippen molar-refractivity contribution in [2.45, 2.75) is 31.3 Å². The van der Waals surface area contributed by atoms with Gasteiger partial charge in [-0.05, 0) is 61.6 Å². The molecular formula is C25H27ClFN5O3. The van der Waals surface area contributed by atoms with Gasteiger partial charge in [-0.25, -0.2) is 19.2 Å². The summed E-state index contributed by atoms with van der Waals surface area (Å²) in [6.07, 6.45) is 3.82. The van der Waals surface area contributed by atoms with Gasteiger partial charge >= 0.3 is 6.09 Å². The smallest absolute Gasteiger partial charge is 0.410 e. The highest BCUT2D eigenvalue weighted by Gasteiger charge is 2.29. The van der Waals surface area contributed by atoms with Crippen LogP contribution in [0.25, 0.3) is 10.9 Å². The Morgan fingerprint density at radius 2 is 2.06 bits per heavy atom. The number of ether oxygens (including phenoxy) is 2.